The molecule has 1 amide bonds. The van der Waals surface area contributed by atoms with Crippen LogP contribution in [0.15, 0.2) is 114 Å². The van der Waals surface area contributed by atoms with E-state index in [9.17, 15) is 13.2 Å². The molecule has 0 spiro atoms. The number of anilines is 1. The average molecular weight is 617 g/mol. The van der Waals surface area contributed by atoms with Crippen molar-refractivity contribution in [2.24, 2.45) is 0 Å². The minimum atomic E-state index is -3.51. The number of nitrogens with zero attached hydrogens (tertiary/aromatic N) is 3. The first-order chi connectivity index (χ1) is 21.7. The van der Waals surface area contributed by atoms with Gasteiger partial charge in [0.05, 0.1) is 10.6 Å². The summed E-state index contributed by atoms with van der Waals surface area (Å²) in [6.07, 6.45) is 3.18. The normalized spacial score (nSPS) is 11.8. The number of carbonyl (C=O) groups excluding carboxylic acids is 1. The molecule has 7 nitrogen and oxygen atoms in total. The predicted octanol–water partition coefficient (Wildman–Crippen LogP) is 7.33. The van der Waals surface area contributed by atoms with Crippen LogP contribution in [-0.2, 0) is 20.4 Å². The second kappa shape index (κ2) is 12.7. The number of benzene rings is 4. The van der Waals surface area contributed by atoms with Gasteiger partial charge in [-0.05, 0) is 80.1 Å². The number of nitrogens with one attached hydrogen (secondary N) is 1. The maximum atomic E-state index is 13.2. The van der Waals surface area contributed by atoms with Crippen molar-refractivity contribution in [2.75, 3.05) is 32.6 Å². The van der Waals surface area contributed by atoms with Gasteiger partial charge < -0.3 is 14.8 Å². The number of pyridine rings is 1. The van der Waals surface area contributed by atoms with Crippen LogP contribution in [0.2, 0.25) is 0 Å². The summed E-state index contributed by atoms with van der Waals surface area (Å²) >= 11 is 0. The molecule has 228 valence electrons. The molecule has 0 aliphatic carbocycles. The van der Waals surface area contributed by atoms with E-state index in [1.807, 2.05) is 94.1 Å². The highest BCUT2D eigenvalue weighted by Crippen LogP contribution is 2.41. The van der Waals surface area contributed by atoms with Crippen molar-refractivity contribution < 1.29 is 13.2 Å². The molecule has 0 fully saturated rings. The van der Waals surface area contributed by atoms with Crippen molar-refractivity contribution >= 4 is 43.4 Å². The molecule has 0 radical (unpaired) electrons. The summed E-state index contributed by atoms with van der Waals surface area (Å²) in [5, 5.41) is 1.85. The third-order valence-corrected chi connectivity index (χ3v) is 9.85. The zero-order valence-corrected chi connectivity index (χ0v) is 26.5. The Labute approximate surface area is 264 Å². The first-order valence-electron chi connectivity index (χ1n) is 15.0. The molecule has 0 unspecified atom stereocenters. The number of fused-ring (bicyclic) bond motifs is 3. The summed E-state index contributed by atoms with van der Waals surface area (Å²) in [5.41, 5.74) is 7.12. The van der Waals surface area contributed by atoms with Crippen LogP contribution in [-0.4, -0.2) is 56.9 Å². The van der Waals surface area contributed by atoms with Crippen molar-refractivity contribution in [2.45, 2.75) is 23.5 Å². The smallest absolute Gasteiger partial charge is 0.226 e. The fourth-order valence-corrected chi connectivity index (χ4v) is 7.13. The molecule has 45 heavy (non-hydrogen) atoms. The van der Waals surface area contributed by atoms with Crippen LogP contribution in [0.5, 0.6) is 0 Å². The van der Waals surface area contributed by atoms with E-state index in [1.165, 1.54) is 0 Å². The lowest BCUT2D eigenvalue weighted by Crippen LogP contribution is -2.27. The highest BCUT2D eigenvalue weighted by molar-refractivity contribution is 7.90. The second-order valence-corrected chi connectivity index (χ2v) is 13.6. The van der Waals surface area contributed by atoms with Crippen LogP contribution < -0.4 is 4.90 Å². The van der Waals surface area contributed by atoms with Gasteiger partial charge in [0.1, 0.15) is 5.65 Å². The fourth-order valence-electron chi connectivity index (χ4n) is 5.77. The minimum Gasteiger partial charge on any atom is -0.339 e. The van der Waals surface area contributed by atoms with Gasteiger partial charge in [0, 0.05) is 52.8 Å². The van der Waals surface area contributed by atoms with Crippen LogP contribution in [0, 0.1) is 0 Å². The van der Waals surface area contributed by atoms with Gasteiger partial charge in [0.15, 0.2) is 9.84 Å². The summed E-state index contributed by atoms with van der Waals surface area (Å²) in [6.45, 7) is 0.869. The van der Waals surface area contributed by atoms with Crippen molar-refractivity contribution in [1.82, 2.24) is 14.9 Å². The van der Waals surface area contributed by atoms with Crippen molar-refractivity contribution in [3.63, 3.8) is 0 Å². The lowest BCUT2D eigenvalue weighted by molar-refractivity contribution is -0.118. The van der Waals surface area contributed by atoms with Crippen LogP contribution in [0.25, 0.3) is 44.2 Å². The van der Waals surface area contributed by atoms with E-state index in [2.05, 4.69) is 22.0 Å². The number of amides is 1. The summed E-state index contributed by atoms with van der Waals surface area (Å²) in [5.74, 6) is -0.0162. The number of aromatic nitrogens is 2. The monoisotopic (exact) mass is 616 g/mol. The average Bonchev–Trinajstić information content (AvgIpc) is 3.42. The number of hydrogen-bond acceptors (Lipinski definition) is 5. The maximum absolute atomic E-state index is 13.2. The standard InChI is InChI=1S/C37H36N4O3S/c1-40(2)22-10-15-34(42)41(3)29-19-17-27(18-20-29)32-24-38-37-36(35(32)28-11-6-4-7-12-28)31-23-26(16-21-33(31)39-37)25-45(43,44)30-13-8-5-9-14-30/h4-9,11-14,16-21,23-24H,10,15,22,25H2,1-3H3,(H,38,39). The first kappa shape index (κ1) is 30.2. The van der Waals surface area contributed by atoms with E-state index in [1.54, 1.807) is 29.2 Å². The molecule has 4 aromatic carbocycles. The molecule has 0 saturated carbocycles. The number of rotatable bonds is 10. The van der Waals surface area contributed by atoms with E-state index in [0.29, 0.717) is 16.9 Å². The van der Waals surface area contributed by atoms with E-state index in [0.717, 1.165) is 62.8 Å². The topological polar surface area (TPSA) is 86.4 Å². The first-order valence-corrected chi connectivity index (χ1v) is 16.6. The van der Waals surface area contributed by atoms with E-state index >= 15 is 0 Å². The Balaban J connectivity index is 1.42. The van der Waals surface area contributed by atoms with Crippen molar-refractivity contribution in [1.29, 1.82) is 0 Å². The quantitative estimate of drug-likeness (QED) is 0.174. The highest BCUT2D eigenvalue weighted by atomic mass is 32.2. The molecule has 1 N–H and O–H groups in total. The summed E-state index contributed by atoms with van der Waals surface area (Å²) in [6, 6.07) is 32.5. The number of sulfone groups is 1. The van der Waals surface area contributed by atoms with Gasteiger partial charge in [-0.25, -0.2) is 13.4 Å². The van der Waals surface area contributed by atoms with Gasteiger partial charge in [-0.2, -0.15) is 0 Å². The Bertz CT molecular complexity index is 2070. The summed E-state index contributed by atoms with van der Waals surface area (Å²) < 4.78 is 26.4. The van der Waals surface area contributed by atoms with Gasteiger partial charge in [-0.3, -0.25) is 4.79 Å². The maximum Gasteiger partial charge on any atom is 0.226 e. The highest BCUT2D eigenvalue weighted by Gasteiger charge is 2.20. The lowest BCUT2D eigenvalue weighted by atomic mass is 9.92. The van der Waals surface area contributed by atoms with Crippen molar-refractivity contribution in [3.8, 4) is 22.3 Å². The number of hydrogen-bond donors (Lipinski definition) is 1. The van der Waals surface area contributed by atoms with E-state index in [4.69, 9.17) is 4.98 Å². The van der Waals surface area contributed by atoms with Gasteiger partial charge in [-0.15, -0.1) is 0 Å². The van der Waals surface area contributed by atoms with Gasteiger partial charge in [-0.1, -0.05) is 66.7 Å². The Morgan fingerprint density at radius 1 is 0.822 bits per heavy atom. The fraction of sp³-hybridized carbons (Fsp3) is 0.189. The van der Waals surface area contributed by atoms with Crippen LogP contribution in [0.3, 0.4) is 0 Å². The molecule has 8 heteroatoms. The SMILES string of the molecule is CN(C)CCCC(=O)N(C)c1ccc(-c2cnc3[nH]c4ccc(CS(=O)(=O)c5ccccc5)cc4c3c2-c2ccccc2)cc1. The molecular formula is C37H36N4O3S. The molecule has 6 aromatic rings. The molecule has 6 rings (SSSR count). The van der Waals surface area contributed by atoms with Crippen LogP contribution in [0.1, 0.15) is 18.4 Å². The number of H-pyrrole nitrogens is 1. The van der Waals surface area contributed by atoms with E-state index < -0.39 is 9.84 Å². The Morgan fingerprint density at radius 2 is 1.51 bits per heavy atom. The predicted molar refractivity (Wildman–Crippen MR) is 183 cm³/mol. The summed E-state index contributed by atoms with van der Waals surface area (Å²) in [4.78, 5) is 25.2. The molecule has 0 aliphatic rings. The van der Waals surface area contributed by atoms with Gasteiger partial charge >= 0.3 is 0 Å². The summed E-state index contributed by atoms with van der Waals surface area (Å²) in [7, 11) is 2.32. The molecule has 2 aromatic heterocycles. The lowest BCUT2D eigenvalue weighted by Gasteiger charge is -2.19. The Hall–Kier alpha value is -4.79. The Morgan fingerprint density at radius 3 is 2.20 bits per heavy atom. The molecule has 0 saturated heterocycles. The largest absolute Gasteiger partial charge is 0.339 e. The Kier molecular flexibility index (Phi) is 8.52. The molecule has 0 bridgehead atoms. The molecule has 2 heterocycles. The minimum absolute atomic E-state index is 0.0848. The molecular weight excluding hydrogens is 580 g/mol. The third-order valence-electron chi connectivity index (χ3n) is 8.14. The molecule has 0 aliphatic heterocycles. The zero-order valence-electron chi connectivity index (χ0n) is 25.7. The number of aromatic amines is 1. The van der Waals surface area contributed by atoms with Gasteiger partial charge in [0.25, 0.3) is 0 Å². The van der Waals surface area contributed by atoms with Crippen molar-refractivity contribution in [3.05, 3.63) is 115 Å². The number of carbonyl (C=O) groups is 1. The van der Waals surface area contributed by atoms with Crippen LogP contribution in [0.4, 0.5) is 5.69 Å². The van der Waals surface area contributed by atoms with Crippen LogP contribution >= 0.6 is 0 Å². The zero-order chi connectivity index (χ0) is 31.6. The van der Waals surface area contributed by atoms with Gasteiger partial charge in [0.2, 0.25) is 5.91 Å². The van der Waals surface area contributed by atoms with E-state index in [-0.39, 0.29) is 11.7 Å². The second-order valence-electron chi connectivity index (χ2n) is 11.6. The third kappa shape index (κ3) is 6.38. The molecule has 0 atom stereocenters.